The van der Waals surface area contributed by atoms with Gasteiger partial charge in [-0.1, -0.05) is 18.2 Å². The number of aromatic nitrogens is 5. The predicted octanol–water partition coefficient (Wildman–Crippen LogP) is 3.83. The summed E-state index contributed by atoms with van der Waals surface area (Å²) < 4.78 is 46.8. The number of rotatable bonds is 5. The highest BCUT2D eigenvalue weighted by Gasteiger charge is 2.24. The third-order valence-electron chi connectivity index (χ3n) is 5.08. The Labute approximate surface area is 188 Å². The minimum absolute atomic E-state index is 0.123. The van der Waals surface area contributed by atoms with Crippen LogP contribution in [0.2, 0.25) is 0 Å². The van der Waals surface area contributed by atoms with Gasteiger partial charge in [0, 0.05) is 18.0 Å². The molecule has 0 saturated heterocycles. The van der Waals surface area contributed by atoms with Gasteiger partial charge in [-0.15, -0.1) is 10.2 Å². The molecule has 0 aliphatic heterocycles. The molecule has 0 amide bonds. The molecule has 5 rings (SSSR count). The van der Waals surface area contributed by atoms with E-state index < -0.39 is 15.7 Å². The van der Waals surface area contributed by atoms with Gasteiger partial charge >= 0.3 is 0 Å². The van der Waals surface area contributed by atoms with Crippen LogP contribution in [0.3, 0.4) is 0 Å². The summed E-state index contributed by atoms with van der Waals surface area (Å²) in [6.07, 6.45) is 4.81. The maximum atomic E-state index is 14.1. The lowest BCUT2D eigenvalue weighted by molar-refractivity contribution is 0.415. The van der Waals surface area contributed by atoms with Crippen LogP contribution in [0.1, 0.15) is 0 Å². The van der Waals surface area contributed by atoms with E-state index in [0.29, 0.717) is 33.8 Å². The molecule has 0 radical (unpaired) electrons. The van der Waals surface area contributed by atoms with Crippen molar-refractivity contribution in [2.24, 2.45) is 0 Å². The van der Waals surface area contributed by atoms with E-state index in [2.05, 4.69) is 20.3 Å². The first-order valence-electron chi connectivity index (χ1n) is 9.79. The van der Waals surface area contributed by atoms with Gasteiger partial charge in [0.2, 0.25) is 9.84 Å². The Bertz CT molecular complexity index is 1570. The maximum absolute atomic E-state index is 14.1. The van der Waals surface area contributed by atoms with Crippen molar-refractivity contribution in [3.05, 3.63) is 85.1 Å². The van der Waals surface area contributed by atoms with E-state index >= 15 is 0 Å². The lowest BCUT2D eigenvalue weighted by atomic mass is 10.0. The Morgan fingerprint density at radius 3 is 2.55 bits per heavy atom. The largest absolute Gasteiger partial charge is 0.496 e. The Hall–Kier alpha value is -4.18. The third-order valence-corrected chi connectivity index (χ3v) is 6.74. The normalized spacial score (nSPS) is 11.6. The van der Waals surface area contributed by atoms with Crippen LogP contribution in [-0.2, 0) is 9.84 Å². The molecule has 3 heterocycles. The molecule has 0 aliphatic rings. The van der Waals surface area contributed by atoms with Crippen LogP contribution in [0, 0.1) is 5.82 Å². The topological polar surface area (TPSA) is 99.3 Å². The van der Waals surface area contributed by atoms with Gasteiger partial charge in [-0.2, -0.15) is 5.10 Å². The zero-order chi connectivity index (χ0) is 23.0. The molecule has 0 atom stereocenters. The van der Waals surface area contributed by atoms with Crippen LogP contribution >= 0.6 is 0 Å². The van der Waals surface area contributed by atoms with Crippen molar-refractivity contribution in [1.29, 1.82) is 0 Å². The van der Waals surface area contributed by atoms with Crippen molar-refractivity contribution < 1.29 is 17.5 Å². The summed E-state index contributed by atoms with van der Waals surface area (Å²) in [6, 6.07) is 15.1. The van der Waals surface area contributed by atoms with Crippen molar-refractivity contribution >= 4 is 15.4 Å². The minimum Gasteiger partial charge on any atom is -0.496 e. The number of methoxy groups -OCH3 is 1. The number of fused-ring (bicyclic) bond motifs is 1. The molecule has 33 heavy (non-hydrogen) atoms. The van der Waals surface area contributed by atoms with Crippen molar-refractivity contribution in [1.82, 2.24) is 24.8 Å². The fourth-order valence-corrected chi connectivity index (χ4v) is 4.68. The molecule has 0 saturated carbocycles. The second-order valence-electron chi connectivity index (χ2n) is 7.05. The standard InChI is InChI=1S/C23H16FN5O3S/c1-32-20-9-7-15(24)13-17(20)23-22(19-14-25-11-12-29(19)28-23)18-8-10-21(27-26-18)33(30,31)16-5-3-2-4-6-16/h2-14H,1H3. The summed E-state index contributed by atoms with van der Waals surface area (Å²) in [4.78, 5) is 4.28. The molecule has 0 spiro atoms. The first-order chi connectivity index (χ1) is 16.0. The Kier molecular flexibility index (Phi) is 5.06. The smallest absolute Gasteiger partial charge is 0.225 e. The number of nitrogens with zero attached hydrogens (tertiary/aromatic N) is 5. The summed E-state index contributed by atoms with van der Waals surface area (Å²) in [7, 11) is -2.34. The average Bonchev–Trinajstić information content (AvgIpc) is 3.24. The summed E-state index contributed by atoms with van der Waals surface area (Å²) >= 11 is 0. The van der Waals surface area contributed by atoms with E-state index in [9.17, 15) is 12.8 Å². The van der Waals surface area contributed by atoms with E-state index in [4.69, 9.17) is 4.74 Å². The first-order valence-corrected chi connectivity index (χ1v) is 11.3. The quantitative estimate of drug-likeness (QED) is 0.392. The van der Waals surface area contributed by atoms with Gasteiger partial charge < -0.3 is 4.74 Å². The molecule has 0 bridgehead atoms. The number of ether oxygens (including phenoxy) is 1. The molecule has 164 valence electrons. The molecule has 0 fully saturated rings. The van der Waals surface area contributed by atoms with Gasteiger partial charge in [0.15, 0.2) is 5.03 Å². The second kappa shape index (κ2) is 8.06. The lowest BCUT2D eigenvalue weighted by Crippen LogP contribution is -2.06. The highest BCUT2D eigenvalue weighted by atomic mass is 32.2. The molecule has 10 heteroatoms. The summed E-state index contributed by atoms with van der Waals surface area (Å²) in [5, 5.41) is 12.6. The average molecular weight is 461 g/mol. The van der Waals surface area contributed by atoms with Crippen LogP contribution in [0.5, 0.6) is 5.75 Å². The van der Waals surface area contributed by atoms with Gasteiger partial charge in [-0.05, 0) is 42.5 Å². The molecule has 5 aromatic rings. The molecular weight excluding hydrogens is 445 g/mol. The summed E-state index contributed by atoms with van der Waals surface area (Å²) in [5.41, 5.74) is 2.27. The number of halogens is 1. The first kappa shape index (κ1) is 20.7. The van der Waals surface area contributed by atoms with E-state index in [1.54, 1.807) is 47.4 Å². The van der Waals surface area contributed by atoms with Crippen LogP contribution in [-0.4, -0.2) is 40.3 Å². The zero-order valence-corrected chi connectivity index (χ0v) is 18.1. The molecule has 0 unspecified atom stereocenters. The van der Waals surface area contributed by atoms with Crippen molar-refractivity contribution in [2.75, 3.05) is 7.11 Å². The van der Waals surface area contributed by atoms with E-state index in [1.165, 1.54) is 43.5 Å². The Morgan fingerprint density at radius 2 is 1.82 bits per heavy atom. The van der Waals surface area contributed by atoms with Gasteiger partial charge in [0.25, 0.3) is 0 Å². The molecule has 3 aromatic heterocycles. The molecule has 0 N–H and O–H groups in total. The van der Waals surface area contributed by atoms with Gasteiger partial charge in [0.1, 0.15) is 17.3 Å². The maximum Gasteiger partial charge on any atom is 0.225 e. The Balaban J connectivity index is 1.69. The van der Waals surface area contributed by atoms with Crippen molar-refractivity contribution in [3.8, 4) is 28.3 Å². The highest BCUT2D eigenvalue weighted by molar-refractivity contribution is 7.91. The van der Waals surface area contributed by atoms with Crippen molar-refractivity contribution in [2.45, 2.75) is 9.92 Å². The van der Waals surface area contributed by atoms with E-state index in [1.807, 2.05) is 0 Å². The van der Waals surface area contributed by atoms with Gasteiger partial charge in [-0.3, -0.25) is 4.98 Å². The third kappa shape index (κ3) is 3.60. The summed E-state index contributed by atoms with van der Waals surface area (Å²) in [5.74, 6) is -0.0347. The van der Waals surface area contributed by atoms with E-state index in [0.717, 1.165) is 0 Å². The number of hydrogen-bond acceptors (Lipinski definition) is 7. The molecule has 8 nitrogen and oxygen atoms in total. The lowest BCUT2D eigenvalue weighted by Gasteiger charge is -2.09. The molecule has 2 aromatic carbocycles. The fraction of sp³-hybridized carbons (Fsp3) is 0.0435. The van der Waals surface area contributed by atoms with Crippen LogP contribution in [0.25, 0.3) is 28.0 Å². The molecular formula is C23H16FN5O3S. The predicted molar refractivity (Wildman–Crippen MR) is 118 cm³/mol. The Morgan fingerprint density at radius 1 is 1.00 bits per heavy atom. The number of sulfone groups is 1. The van der Waals surface area contributed by atoms with Crippen LogP contribution < -0.4 is 4.74 Å². The highest BCUT2D eigenvalue weighted by Crippen LogP contribution is 2.38. The van der Waals surface area contributed by atoms with E-state index in [-0.39, 0.29) is 9.92 Å². The van der Waals surface area contributed by atoms with Crippen molar-refractivity contribution in [3.63, 3.8) is 0 Å². The fourth-order valence-electron chi connectivity index (χ4n) is 3.52. The van der Waals surface area contributed by atoms with Gasteiger partial charge in [0.05, 0.1) is 35.0 Å². The van der Waals surface area contributed by atoms with Crippen LogP contribution in [0.4, 0.5) is 4.39 Å². The SMILES string of the molecule is COc1ccc(F)cc1-c1nn2ccncc2c1-c1ccc(S(=O)(=O)c2ccccc2)nn1. The second-order valence-corrected chi connectivity index (χ2v) is 8.94. The minimum atomic E-state index is -3.82. The zero-order valence-electron chi connectivity index (χ0n) is 17.3. The number of hydrogen-bond donors (Lipinski definition) is 0. The monoisotopic (exact) mass is 461 g/mol. The summed E-state index contributed by atoms with van der Waals surface area (Å²) in [6.45, 7) is 0. The molecule has 0 aliphatic carbocycles. The number of benzene rings is 2. The van der Waals surface area contributed by atoms with Crippen LogP contribution in [0.15, 0.2) is 89.2 Å². The van der Waals surface area contributed by atoms with Gasteiger partial charge in [-0.25, -0.2) is 17.3 Å².